The van der Waals surface area contributed by atoms with Gasteiger partial charge >= 0.3 is 6.01 Å². The zero-order chi connectivity index (χ0) is 13.0. The molecule has 0 radical (unpaired) electrons. The summed E-state index contributed by atoms with van der Waals surface area (Å²) in [5, 5.41) is -0.0395. The van der Waals surface area contributed by atoms with Crippen molar-refractivity contribution in [2.45, 2.75) is 13.3 Å². The van der Waals surface area contributed by atoms with Crippen LogP contribution < -0.4 is 4.74 Å². The zero-order valence-corrected chi connectivity index (χ0v) is 10.4. The van der Waals surface area contributed by atoms with Crippen molar-refractivity contribution in [1.29, 1.82) is 0 Å². The number of hydrogen-bond acceptors (Lipinski definition) is 5. The second kappa shape index (κ2) is 5.68. The molecule has 0 aromatic carbocycles. The van der Waals surface area contributed by atoms with Gasteiger partial charge in [0.1, 0.15) is 0 Å². The Morgan fingerprint density at radius 1 is 1.33 bits per heavy atom. The fourth-order valence-corrected chi connectivity index (χ4v) is 1.42. The van der Waals surface area contributed by atoms with Crippen molar-refractivity contribution in [3.05, 3.63) is 29.6 Å². The van der Waals surface area contributed by atoms with Gasteiger partial charge in [0.2, 0.25) is 5.28 Å². The molecule has 0 saturated carbocycles. The topological polar surface area (TPSA) is 60.8 Å². The second-order valence-electron chi connectivity index (χ2n) is 3.41. The van der Waals surface area contributed by atoms with Crippen LogP contribution in [0.2, 0.25) is 5.28 Å². The third-order valence-electron chi connectivity index (χ3n) is 2.04. The number of ether oxygens (including phenoxy) is 1. The van der Waals surface area contributed by atoms with Gasteiger partial charge in [0, 0.05) is 6.20 Å². The minimum absolute atomic E-state index is 0.0395. The Balaban J connectivity index is 2.39. The van der Waals surface area contributed by atoms with Crippen LogP contribution in [0.25, 0.3) is 11.4 Å². The molecule has 0 spiro atoms. The summed E-state index contributed by atoms with van der Waals surface area (Å²) < 4.78 is 18.8. The normalized spacial score (nSPS) is 10.4. The lowest BCUT2D eigenvalue weighted by molar-refractivity contribution is 0.291. The van der Waals surface area contributed by atoms with E-state index in [-0.39, 0.29) is 22.7 Å². The first-order chi connectivity index (χ1) is 8.70. The van der Waals surface area contributed by atoms with Crippen LogP contribution in [0.4, 0.5) is 4.39 Å². The summed E-state index contributed by atoms with van der Waals surface area (Å²) in [5.74, 6) is -0.401. The van der Waals surface area contributed by atoms with Gasteiger partial charge in [-0.1, -0.05) is 6.92 Å². The molecule has 0 aliphatic carbocycles. The highest BCUT2D eigenvalue weighted by Gasteiger charge is 2.12. The lowest BCUT2D eigenvalue weighted by atomic mass is 10.2. The van der Waals surface area contributed by atoms with Crippen molar-refractivity contribution in [1.82, 2.24) is 19.9 Å². The first kappa shape index (κ1) is 12.6. The number of pyridine rings is 1. The lowest BCUT2D eigenvalue weighted by Crippen LogP contribution is -2.03. The minimum Gasteiger partial charge on any atom is -0.463 e. The summed E-state index contributed by atoms with van der Waals surface area (Å²) >= 11 is 5.75. The lowest BCUT2D eigenvalue weighted by Gasteiger charge is -2.05. The van der Waals surface area contributed by atoms with Gasteiger partial charge in [0.15, 0.2) is 11.6 Å². The molecule has 2 aromatic rings. The van der Waals surface area contributed by atoms with Crippen molar-refractivity contribution in [2.24, 2.45) is 0 Å². The molecule has 0 aliphatic rings. The molecule has 2 aromatic heterocycles. The molecule has 0 bridgehead atoms. The van der Waals surface area contributed by atoms with E-state index in [1.165, 1.54) is 12.3 Å². The van der Waals surface area contributed by atoms with Gasteiger partial charge in [-0.05, 0) is 24.1 Å². The molecule has 0 unspecified atom stereocenters. The van der Waals surface area contributed by atoms with Gasteiger partial charge in [-0.25, -0.2) is 4.39 Å². The predicted octanol–water partition coefficient (Wildman–Crippen LogP) is 2.51. The summed E-state index contributed by atoms with van der Waals surface area (Å²) in [4.78, 5) is 15.3. The molecule has 0 aliphatic heterocycles. The highest BCUT2D eigenvalue weighted by molar-refractivity contribution is 6.28. The molecule has 18 heavy (non-hydrogen) atoms. The predicted molar refractivity (Wildman–Crippen MR) is 63.8 cm³/mol. The summed E-state index contributed by atoms with van der Waals surface area (Å²) in [7, 11) is 0. The molecule has 0 atom stereocenters. The van der Waals surface area contributed by atoms with Crippen LogP contribution in [-0.2, 0) is 0 Å². The number of halogens is 2. The summed E-state index contributed by atoms with van der Waals surface area (Å²) in [6.45, 7) is 2.41. The van der Waals surface area contributed by atoms with Crippen LogP contribution in [0, 0.1) is 5.82 Å². The van der Waals surface area contributed by atoms with Gasteiger partial charge in [-0.2, -0.15) is 15.0 Å². The Bertz CT molecular complexity index is 552. The number of hydrogen-bond donors (Lipinski definition) is 0. The Morgan fingerprint density at radius 3 is 2.89 bits per heavy atom. The molecule has 0 amide bonds. The average Bonchev–Trinajstić information content (AvgIpc) is 2.36. The largest absolute Gasteiger partial charge is 0.463 e. The first-order valence-electron chi connectivity index (χ1n) is 5.35. The zero-order valence-electron chi connectivity index (χ0n) is 9.60. The van der Waals surface area contributed by atoms with E-state index in [2.05, 4.69) is 19.9 Å². The molecule has 0 fully saturated rings. The summed E-state index contributed by atoms with van der Waals surface area (Å²) in [5.41, 5.74) is 0.204. The standard InChI is InChI=1S/C11H10ClFN4O/c1-2-5-18-11-16-9(15-10(12)17-11)7-3-4-14-6-8(7)13/h3-4,6H,2,5H2,1H3. The van der Waals surface area contributed by atoms with Crippen LogP contribution >= 0.6 is 11.6 Å². The SMILES string of the molecule is CCCOc1nc(Cl)nc(-c2ccncc2F)n1. The molecule has 0 saturated heterocycles. The molecule has 7 heteroatoms. The molecule has 94 valence electrons. The highest BCUT2D eigenvalue weighted by atomic mass is 35.5. The van der Waals surface area contributed by atoms with E-state index < -0.39 is 5.82 Å². The quantitative estimate of drug-likeness (QED) is 0.853. The first-order valence-corrected chi connectivity index (χ1v) is 5.72. The molecule has 2 heterocycles. The van der Waals surface area contributed by atoms with Crippen molar-refractivity contribution < 1.29 is 9.13 Å². The summed E-state index contributed by atoms with van der Waals surface area (Å²) in [6.07, 6.45) is 3.34. The van der Waals surface area contributed by atoms with Crippen molar-refractivity contribution in [3.8, 4) is 17.4 Å². The van der Waals surface area contributed by atoms with E-state index in [4.69, 9.17) is 16.3 Å². The van der Waals surface area contributed by atoms with Gasteiger partial charge in [-0.15, -0.1) is 0 Å². The fourth-order valence-electron chi connectivity index (χ4n) is 1.27. The minimum atomic E-state index is -0.527. The van der Waals surface area contributed by atoms with E-state index in [1.807, 2.05) is 6.92 Å². The number of rotatable bonds is 4. The van der Waals surface area contributed by atoms with Crippen LogP contribution in [-0.4, -0.2) is 26.5 Å². The average molecular weight is 269 g/mol. The maximum Gasteiger partial charge on any atom is 0.321 e. The Labute approximate surface area is 108 Å². The molecular formula is C11H10ClFN4O. The third kappa shape index (κ3) is 2.89. The van der Waals surface area contributed by atoms with Crippen molar-refractivity contribution in [2.75, 3.05) is 6.61 Å². The highest BCUT2D eigenvalue weighted by Crippen LogP contribution is 2.20. The van der Waals surface area contributed by atoms with Gasteiger partial charge in [0.05, 0.1) is 18.4 Å². The number of aromatic nitrogens is 4. The van der Waals surface area contributed by atoms with E-state index in [0.717, 1.165) is 12.6 Å². The Morgan fingerprint density at radius 2 is 2.17 bits per heavy atom. The molecule has 5 nitrogen and oxygen atoms in total. The van der Waals surface area contributed by atoms with Gasteiger partial charge in [0.25, 0.3) is 0 Å². The monoisotopic (exact) mass is 268 g/mol. The maximum atomic E-state index is 13.5. The van der Waals surface area contributed by atoms with Crippen molar-refractivity contribution >= 4 is 11.6 Å². The third-order valence-corrected chi connectivity index (χ3v) is 2.21. The van der Waals surface area contributed by atoms with Crippen LogP contribution in [0.15, 0.2) is 18.5 Å². The van der Waals surface area contributed by atoms with Gasteiger partial charge < -0.3 is 4.74 Å². The van der Waals surface area contributed by atoms with E-state index in [1.54, 1.807) is 0 Å². The van der Waals surface area contributed by atoms with E-state index in [0.29, 0.717) is 6.61 Å². The van der Waals surface area contributed by atoms with Crippen LogP contribution in [0.5, 0.6) is 6.01 Å². The summed E-state index contributed by atoms with van der Waals surface area (Å²) in [6, 6.07) is 1.55. The van der Waals surface area contributed by atoms with E-state index in [9.17, 15) is 4.39 Å². The van der Waals surface area contributed by atoms with Crippen LogP contribution in [0.1, 0.15) is 13.3 Å². The number of nitrogens with zero attached hydrogens (tertiary/aromatic N) is 4. The molecule has 0 N–H and O–H groups in total. The molecule has 2 rings (SSSR count). The van der Waals surface area contributed by atoms with E-state index >= 15 is 0 Å². The van der Waals surface area contributed by atoms with Crippen LogP contribution in [0.3, 0.4) is 0 Å². The second-order valence-corrected chi connectivity index (χ2v) is 3.75. The smallest absolute Gasteiger partial charge is 0.321 e. The Hall–Kier alpha value is -1.82. The van der Waals surface area contributed by atoms with Crippen molar-refractivity contribution in [3.63, 3.8) is 0 Å². The Kier molecular flexibility index (Phi) is 3.99. The van der Waals surface area contributed by atoms with Gasteiger partial charge in [-0.3, -0.25) is 4.98 Å². The maximum absolute atomic E-state index is 13.5. The fraction of sp³-hybridized carbons (Fsp3) is 0.273. The molecular weight excluding hydrogens is 259 g/mol.